The minimum Gasteiger partial charge on any atom is -0.457 e. The van der Waals surface area contributed by atoms with E-state index in [4.69, 9.17) is 4.42 Å². The summed E-state index contributed by atoms with van der Waals surface area (Å²) in [6, 6.07) is 17.3. The van der Waals surface area contributed by atoms with E-state index in [0.717, 1.165) is 16.9 Å². The van der Waals surface area contributed by atoms with Crippen molar-refractivity contribution in [2.75, 3.05) is 0 Å². The van der Waals surface area contributed by atoms with Crippen LogP contribution < -0.4 is 5.32 Å². The van der Waals surface area contributed by atoms with Crippen molar-refractivity contribution in [3.05, 3.63) is 84.4 Å². The number of benzene rings is 1. The van der Waals surface area contributed by atoms with Gasteiger partial charge >= 0.3 is 0 Å². The number of amides is 1. The van der Waals surface area contributed by atoms with E-state index < -0.39 is 0 Å². The molecule has 2 aromatic heterocycles. The summed E-state index contributed by atoms with van der Waals surface area (Å²) in [7, 11) is 0. The summed E-state index contributed by atoms with van der Waals surface area (Å²) in [6.07, 6.45) is 6.55. The first-order valence-corrected chi connectivity index (χ1v) is 7.31. The molecule has 0 saturated heterocycles. The van der Waals surface area contributed by atoms with Crippen molar-refractivity contribution < 1.29 is 9.21 Å². The average molecular weight is 304 g/mol. The van der Waals surface area contributed by atoms with Gasteiger partial charge in [-0.3, -0.25) is 9.78 Å². The zero-order valence-electron chi connectivity index (χ0n) is 12.5. The Morgan fingerprint density at radius 1 is 1.09 bits per heavy atom. The zero-order valence-corrected chi connectivity index (χ0v) is 12.5. The number of hydrogen-bond donors (Lipinski definition) is 1. The SMILES string of the molecule is O=C(/C=C/c1ccc(-c2ccccc2)o1)NCc1cccnc1. The predicted molar refractivity (Wildman–Crippen MR) is 89.3 cm³/mol. The predicted octanol–water partition coefficient (Wildman–Crippen LogP) is 3.67. The molecule has 3 rings (SSSR count). The molecule has 1 amide bonds. The van der Waals surface area contributed by atoms with Gasteiger partial charge in [-0.25, -0.2) is 0 Å². The Labute approximate surface area is 134 Å². The Bertz CT molecular complexity index is 793. The zero-order chi connectivity index (χ0) is 15.9. The largest absolute Gasteiger partial charge is 0.457 e. The molecule has 0 aliphatic carbocycles. The van der Waals surface area contributed by atoms with E-state index in [1.807, 2.05) is 54.6 Å². The van der Waals surface area contributed by atoms with Gasteiger partial charge in [-0.2, -0.15) is 0 Å². The molecule has 2 heterocycles. The van der Waals surface area contributed by atoms with Crippen LogP contribution in [-0.2, 0) is 11.3 Å². The van der Waals surface area contributed by atoms with Crippen LogP contribution in [0, 0.1) is 0 Å². The molecule has 114 valence electrons. The van der Waals surface area contributed by atoms with Crippen molar-refractivity contribution in [1.29, 1.82) is 0 Å². The maximum Gasteiger partial charge on any atom is 0.244 e. The van der Waals surface area contributed by atoms with Gasteiger partial charge in [0.15, 0.2) is 0 Å². The Morgan fingerprint density at radius 3 is 2.74 bits per heavy atom. The van der Waals surface area contributed by atoms with E-state index in [-0.39, 0.29) is 5.91 Å². The van der Waals surface area contributed by atoms with Gasteiger partial charge in [0.2, 0.25) is 5.91 Å². The molecule has 3 aromatic rings. The van der Waals surface area contributed by atoms with Crippen LogP contribution >= 0.6 is 0 Å². The lowest BCUT2D eigenvalue weighted by Crippen LogP contribution is -2.20. The highest BCUT2D eigenvalue weighted by Crippen LogP contribution is 2.22. The van der Waals surface area contributed by atoms with Crippen LogP contribution in [-0.4, -0.2) is 10.9 Å². The minimum atomic E-state index is -0.175. The second-order valence-corrected chi connectivity index (χ2v) is 4.98. The van der Waals surface area contributed by atoms with Crippen molar-refractivity contribution in [2.24, 2.45) is 0 Å². The Morgan fingerprint density at radius 2 is 1.96 bits per heavy atom. The molecule has 0 unspecified atom stereocenters. The molecule has 0 atom stereocenters. The monoisotopic (exact) mass is 304 g/mol. The molecule has 0 fully saturated rings. The number of hydrogen-bond acceptors (Lipinski definition) is 3. The van der Waals surface area contributed by atoms with E-state index in [2.05, 4.69) is 10.3 Å². The lowest BCUT2D eigenvalue weighted by molar-refractivity contribution is -0.116. The second-order valence-electron chi connectivity index (χ2n) is 4.98. The van der Waals surface area contributed by atoms with E-state index in [0.29, 0.717) is 12.3 Å². The number of pyridine rings is 1. The summed E-state index contributed by atoms with van der Waals surface area (Å²) in [5.74, 6) is 1.24. The molecule has 0 saturated carbocycles. The highest BCUT2D eigenvalue weighted by Gasteiger charge is 2.02. The summed E-state index contributed by atoms with van der Waals surface area (Å²) < 4.78 is 5.71. The topological polar surface area (TPSA) is 55.1 Å². The lowest BCUT2D eigenvalue weighted by atomic mass is 10.2. The fourth-order valence-corrected chi connectivity index (χ4v) is 2.11. The summed E-state index contributed by atoms with van der Waals surface area (Å²) in [4.78, 5) is 15.8. The van der Waals surface area contributed by atoms with E-state index >= 15 is 0 Å². The second kappa shape index (κ2) is 7.22. The fraction of sp³-hybridized carbons (Fsp3) is 0.0526. The number of carbonyl (C=O) groups is 1. The van der Waals surface area contributed by atoms with E-state index in [9.17, 15) is 4.79 Å². The molecule has 0 radical (unpaired) electrons. The van der Waals surface area contributed by atoms with Gasteiger partial charge in [-0.15, -0.1) is 0 Å². The highest BCUT2D eigenvalue weighted by atomic mass is 16.3. The van der Waals surface area contributed by atoms with Gasteiger partial charge in [0.1, 0.15) is 11.5 Å². The lowest BCUT2D eigenvalue weighted by Gasteiger charge is -2.00. The Kier molecular flexibility index (Phi) is 4.64. The van der Waals surface area contributed by atoms with Crippen LogP contribution in [0.5, 0.6) is 0 Å². The van der Waals surface area contributed by atoms with Crippen LogP contribution in [0.2, 0.25) is 0 Å². The van der Waals surface area contributed by atoms with Crippen LogP contribution in [0.15, 0.2) is 77.5 Å². The maximum absolute atomic E-state index is 11.8. The molecule has 4 heteroatoms. The third kappa shape index (κ3) is 4.17. The summed E-state index contributed by atoms with van der Waals surface area (Å²) in [5, 5.41) is 2.80. The number of rotatable bonds is 5. The van der Waals surface area contributed by atoms with Gasteiger partial charge in [0.25, 0.3) is 0 Å². The van der Waals surface area contributed by atoms with Crippen molar-refractivity contribution >= 4 is 12.0 Å². The molecule has 4 nitrogen and oxygen atoms in total. The van der Waals surface area contributed by atoms with Gasteiger partial charge in [0.05, 0.1) is 0 Å². The minimum absolute atomic E-state index is 0.175. The standard InChI is InChI=1S/C19H16N2O2/c22-19(21-14-15-5-4-12-20-13-15)11-9-17-8-10-18(23-17)16-6-2-1-3-7-16/h1-13H,14H2,(H,21,22)/b11-9+. The molecule has 23 heavy (non-hydrogen) atoms. The Balaban J connectivity index is 1.58. The molecule has 0 aliphatic heterocycles. The summed E-state index contributed by atoms with van der Waals surface area (Å²) in [5.41, 5.74) is 1.96. The number of carbonyl (C=O) groups excluding carboxylic acids is 1. The van der Waals surface area contributed by atoms with Crippen LogP contribution in [0.1, 0.15) is 11.3 Å². The van der Waals surface area contributed by atoms with Crippen molar-refractivity contribution in [1.82, 2.24) is 10.3 Å². The van der Waals surface area contributed by atoms with Crippen molar-refractivity contribution in [3.8, 4) is 11.3 Å². The van der Waals surface area contributed by atoms with Crippen LogP contribution in [0.4, 0.5) is 0 Å². The molecule has 1 aromatic carbocycles. The summed E-state index contributed by atoms with van der Waals surface area (Å²) in [6.45, 7) is 0.449. The highest BCUT2D eigenvalue weighted by molar-refractivity contribution is 5.91. The number of furan rings is 1. The normalized spacial score (nSPS) is 10.8. The molecular formula is C19H16N2O2. The molecule has 1 N–H and O–H groups in total. The third-order valence-electron chi connectivity index (χ3n) is 3.27. The number of aromatic nitrogens is 1. The quantitative estimate of drug-likeness (QED) is 0.732. The maximum atomic E-state index is 11.8. The first-order valence-electron chi connectivity index (χ1n) is 7.31. The van der Waals surface area contributed by atoms with Gasteiger partial charge < -0.3 is 9.73 Å². The van der Waals surface area contributed by atoms with Crippen LogP contribution in [0.25, 0.3) is 17.4 Å². The fourth-order valence-electron chi connectivity index (χ4n) is 2.11. The van der Waals surface area contributed by atoms with Crippen molar-refractivity contribution in [3.63, 3.8) is 0 Å². The van der Waals surface area contributed by atoms with E-state index in [1.54, 1.807) is 18.5 Å². The molecule has 0 aliphatic rings. The average Bonchev–Trinajstić information content (AvgIpc) is 3.09. The molecule has 0 spiro atoms. The molecular weight excluding hydrogens is 288 g/mol. The third-order valence-corrected chi connectivity index (χ3v) is 3.27. The first-order chi connectivity index (χ1) is 11.3. The Hall–Kier alpha value is -3.14. The van der Waals surface area contributed by atoms with Crippen molar-refractivity contribution in [2.45, 2.75) is 6.54 Å². The van der Waals surface area contributed by atoms with Crippen LogP contribution in [0.3, 0.4) is 0 Å². The molecule has 0 bridgehead atoms. The van der Waals surface area contributed by atoms with E-state index in [1.165, 1.54) is 6.08 Å². The number of nitrogens with zero attached hydrogens (tertiary/aromatic N) is 1. The van der Waals surface area contributed by atoms with Gasteiger partial charge in [-0.05, 0) is 29.8 Å². The first kappa shape index (κ1) is 14.8. The summed E-state index contributed by atoms with van der Waals surface area (Å²) >= 11 is 0. The number of nitrogens with one attached hydrogen (secondary N) is 1. The van der Waals surface area contributed by atoms with Gasteiger partial charge in [-0.1, -0.05) is 36.4 Å². The smallest absolute Gasteiger partial charge is 0.244 e. The van der Waals surface area contributed by atoms with Gasteiger partial charge in [0, 0.05) is 30.6 Å².